The fourth-order valence-electron chi connectivity index (χ4n) is 5.20. The zero-order valence-electron chi connectivity index (χ0n) is 16.1. The molecule has 3 N–H and O–H groups in total. The number of allylic oxidation sites excluding steroid dienone is 1. The third-order valence-corrected chi connectivity index (χ3v) is 6.52. The highest BCUT2D eigenvalue weighted by Gasteiger charge is 2.55. The Balaban J connectivity index is 1.64. The molecular weight excluding hydrogens is 322 g/mol. The van der Waals surface area contributed by atoms with E-state index in [0.717, 1.165) is 24.1 Å². The minimum atomic E-state index is 0.0906. The van der Waals surface area contributed by atoms with Gasteiger partial charge in [-0.3, -0.25) is 10.2 Å². The van der Waals surface area contributed by atoms with Crippen LogP contribution in [0.15, 0.2) is 40.8 Å². The summed E-state index contributed by atoms with van der Waals surface area (Å²) in [6.45, 7) is 8.42. The van der Waals surface area contributed by atoms with Crippen LogP contribution in [0.4, 0.5) is 0 Å². The molecule has 2 bridgehead atoms. The van der Waals surface area contributed by atoms with Gasteiger partial charge in [0.1, 0.15) is 11.6 Å². The predicted molar refractivity (Wildman–Crippen MR) is 104 cm³/mol. The van der Waals surface area contributed by atoms with Gasteiger partial charge in [-0.1, -0.05) is 52.0 Å². The van der Waals surface area contributed by atoms with Crippen molar-refractivity contribution >= 4 is 11.5 Å². The van der Waals surface area contributed by atoms with E-state index in [1.165, 1.54) is 11.1 Å². The number of rotatable bonds is 4. The highest BCUT2D eigenvalue weighted by molar-refractivity contribution is 6.05. The van der Waals surface area contributed by atoms with E-state index in [4.69, 9.17) is 5.73 Å². The maximum Gasteiger partial charge on any atom is 0.139 e. The van der Waals surface area contributed by atoms with E-state index in [1.807, 2.05) is 13.8 Å². The van der Waals surface area contributed by atoms with Crippen LogP contribution in [0.1, 0.15) is 57.6 Å². The molecule has 4 nitrogen and oxygen atoms in total. The fourth-order valence-corrected chi connectivity index (χ4v) is 5.20. The second-order valence-corrected chi connectivity index (χ2v) is 8.73. The van der Waals surface area contributed by atoms with Crippen molar-refractivity contribution in [3.8, 4) is 0 Å². The van der Waals surface area contributed by atoms with Crippen LogP contribution < -0.4 is 11.2 Å². The van der Waals surface area contributed by atoms with E-state index >= 15 is 0 Å². The van der Waals surface area contributed by atoms with Gasteiger partial charge < -0.3 is 5.73 Å². The van der Waals surface area contributed by atoms with Gasteiger partial charge in [-0.2, -0.15) is 5.10 Å². The zero-order chi connectivity index (χ0) is 18.6. The first-order valence-corrected chi connectivity index (χ1v) is 9.85. The zero-order valence-corrected chi connectivity index (χ0v) is 16.1. The van der Waals surface area contributed by atoms with Gasteiger partial charge in [0.2, 0.25) is 0 Å². The number of nitrogens with two attached hydrogens (primary N) is 1. The summed E-state index contributed by atoms with van der Waals surface area (Å²) < 4.78 is 0. The van der Waals surface area contributed by atoms with Gasteiger partial charge in [-0.15, -0.1) is 0 Å². The van der Waals surface area contributed by atoms with Crippen LogP contribution in [0, 0.1) is 29.6 Å². The molecule has 0 radical (unpaired) electrons. The second kappa shape index (κ2) is 6.26. The van der Waals surface area contributed by atoms with Crippen molar-refractivity contribution in [2.45, 2.75) is 46.5 Å². The summed E-state index contributed by atoms with van der Waals surface area (Å²) >= 11 is 0. The van der Waals surface area contributed by atoms with E-state index in [-0.39, 0.29) is 23.7 Å². The number of benzene rings is 1. The summed E-state index contributed by atoms with van der Waals surface area (Å²) in [5.74, 6) is 2.84. The standard InChI is InChI=1S/C22H29N3O/c1-11(2)13-5-7-14(8-6-13)20-18-15-9-16(19(18)22(23)25-24-20)17(10-15)21(26)12(3)4/h5-8,11-12,15-18,25H,9-10,23H2,1-4H3. The van der Waals surface area contributed by atoms with Gasteiger partial charge in [0, 0.05) is 17.8 Å². The molecule has 1 aromatic carbocycles. The van der Waals surface area contributed by atoms with Crippen LogP contribution in [0.5, 0.6) is 0 Å². The number of hydrogen-bond donors (Lipinski definition) is 2. The minimum absolute atomic E-state index is 0.0906. The Hall–Kier alpha value is -2.10. The average molecular weight is 351 g/mol. The summed E-state index contributed by atoms with van der Waals surface area (Å²) in [6.07, 6.45) is 2.04. The van der Waals surface area contributed by atoms with E-state index in [9.17, 15) is 4.79 Å². The van der Waals surface area contributed by atoms with Crippen LogP contribution in [0.2, 0.25) is 0 Å². The van der Waals surface area contributed by atoms with E-state index in [2.05, 4.69) is 48.6 Å². The van der Waals surface area contributed by atoms with Gasteiger partial charge >= 0.3 is 0 Å². The normalized spacial score (nSPS) is 29.8. The largest absolute Gasteiger partial charge is 0.384 e. The Kier molecular flexibility index (Phi) is 4.17. The molecule has 4 rings (SSSR count). The van der Waals surface area contributed by atoms with Crippen molar-refractivity contribution < 1.29 is 4.79 Å². The van der Waals surface area contributed by atoms with Gasteiger partial charge in [0.05, 0.1) is 5.71 Å². The first-order valence-electron chi connectivity index (χ1n) is 9.85. The molecule has 4 atom stereocenters. The molecule has 26 heavy (non-hydrogen) atoms. The highest BCUT2D eigenvalue weighted by Crippen LogP contribution is 2.57. The molecule has 1 heterocycles. The van der Waals surface area contributed by atoms with E-state index < -0.39 is 0 Å². The summed E-state index contributed by atoms with van der Waals surface area (Å²) in [6, 6.07) is 8.75. The Labute approximate surface area is 155 Å². The molecule has 0 amide bonds. The first kappa shape index (κ1) is 17.3. The van der Waals surface area contributed by atoms with Crippen molar-refractivity contribution in [2.75, 3.05) is 0 Å². The lowest BCUT2D eigenvalue weighted by molar-refractivity contribution is -0.126. The molecule has 0 spiro atoms. The molecule has 4 unspecified atom stereocenters. The lowest BCUT2D eigenvalue weighted by Gasteiger charge is -2.35. The van der Waals surface area contributed by atoms with Crippen molar-refractivity contribution in [3.05, 3.63) is 46.8 Å². The van der Waals surface area contributed by atoms with Crippen LogP contribution in [0.3, 0.4) is 0 Å². The Bertz CT molecular complexity index is 788. The monoisotopic (exact) mass is 351 g/mol. The lowest BCUT2D eigenvalue weighted by Crippen LogP contribution is -2.39. The number of Topliss-reactive ketones (excluding diaryl/α,β-unsaturated/α-hetero) is 1. The van der Waals surface area contributed by atoms with Crippen molar-refractivity contribution in [2.24, 2.45) is 40.4 Å². The number of carbonyl (C=O) groups excluding carboxylic acids is 1. The smallest absolute Gasteiger partial charge is 0.139 e. The molecular formula is C22H29N3O. The molecule has 2 saturated carbocycles. The van der Waals surface area contributed by atoms with Crippen molar-refractivity contribution in [1.82, 2.24) is 5.43 Å². The molecule has 0 saturated heterocycles. The number of fused-ring (bicyclic) bond motifs is 5. The van der Waals surface area contributed by atoms with E-state index in [1.54, 1.807) is 0 Å². The maximum atomic E-state index is 12.7. The Morgan fingerprint density at radius 3 is 2.46 bits per heavy atom. The van der Waals surface area contributed by atoms with E-state index in [0.29, 0.717) is 23.4 Å². The lowest BCUT2D eigenvalue weighted by atomic mass is 9.71. The highest BCUT2D eigenvalue weighted by atomic mass is 16.1. The summed E-state index contributed by atoms with van der Waals surface area (Å²) in [5, 5.41) is 4.62. The first-order chi connectivity index (χ1) is 12.4. The number of nitrogens with zero attached hydrogens (tertiary/aromatic N) is 1. The van der Waals surface area contributed by atoms with Gasteiger partial charge in [-0.25, -0.2) is 0 Å². The molecule has 1 aliphatic heterocycles. The van der Waals surface area contributed by atoms with Crippen LogP contribution in [0.25, 0.3) is 0 Å². The Morgan fingerprint density at radius 2 is 1.85 bits per heavy atom. The summed E-state index contributed by atoms with van der Waals surface area (Å²) in [5.41, 5.74) is 14.2. The molecule has 3 aliphatic rings. The van der Waals surface area contributed by atoms with Crippen molar-refractivity contribution in [3.63, 3.8) is 0 Å². The molecule has 1 aromatic rings. The van der Waals surface area contributed by atoms with Gasteiger partial charge in [0.15, 0.2) is 0 Å². The fraction of sp³-hybridized carbons (Fsp3) is 0.545. The number of nitrogens with one attached hydrogen (secondary N) is 1. The quantitative estimate of drug-likeness (QED) is 0.867. The van der Waals surface area contributed by atoms with Crippen LogP contribution >= 0.6 is 0 Å². The number of carbonyl (C=O) groups is 1. The SMILES string of the molecule is CC(C)C(=O)C1CC2CC1C1=C(N)NN=C(c3ccc(C(C)C)cc3)C12. The molecule has 4 heteroatoms. The molecule has 2 fully saturated rings. The van der Waals surface area contributed by atoms with Crippen LogP contribution in [-0.2, 0) is 4.79 Å². The molecule has 0 aromatic heterocycles. The third kappa shape index (κ3) is 2.58. The maximum absolute atomic E-state index is 12.7. The average Bonchev–Trinajstić information content (AvgIpc) is 3.21. The van der Waals surface area contributed by atoms with Crippen LogP contribution in [-0.4, -0.2) is 11.5 Å². The summed E-state index contributed by atoms with van der Waals surface area (Å²) in [4.78, 5) is 12.7. The number of ketones is 1. The van der Waals surface area contributed by atoms with Gasteiger partial charge in [-0.05, 0) is 47.3 Å². The molecule has 138 valence electrons. The minimum Gasteiger partial charge on any atom is -0.384 e. The van der Waals surface area contributed by atoms with Gasteiger partial charge in [0.25, 0.3) is 0 Å². The number of hydrogen-bond acceptors (Lipinski definition) is 4. The predicted octanol–water partition coefficient (Wildman–Crippen LogP) is 3.78. The second-order valence-electron chi connectivity index (χ2n) is 8.73. The van der Waals surface area contributed by atoms with Crippen molar-refractivity contribution in [1.29, 1.82) is 0 Å². The number of hydrazone groups is 1. The Morgan fingerprint density at radius 1 is 1.15 bits per heavy atom. The third-order valence-electron chi connectivity index (χ3n) is 6.52. The summed E-state index contributed by atoms with van der Waals surface area (Å²) in [7, 11) is 0. The molecule has 2 aliphatic carbocycles. The topological polar surface area (TPSA) is 67.5 Å².